The van der Waals surface area contributed by atoms with E-state index in [1.54, 1.807) is 20.2 Å². The Labute approximate surface area is 137 Å². The first-order valence-electron chi connectivity index (χ1n) is 6.79. The molecule has 0 atom stereocenters. The van der Waals surface area contributed by atoms with Crippen LogP contribution in [0.3, 0.4) is 0 Å². The topological polar surface area (TPSA) is 49.4 Å². The van der Waals surface area contributed by atoms with E-state index in [4.69, 9.17) is 23.2 Å². The summed E-state index contributed by atoms with van der Waals surface area (Å²) in [4.78, 5) is 0.0631. The van der Waals surface area contributed by atoms with Gasteiger partial charge in [0.2, 0.25) is 10.0 Å². The molecule has 0 aliphatic carbocycles. The molecule has 1 aromatic carbocycles. The Morgan fingerprint density at radius 1 is 1.29 bits per heavy atom. The Morgan fingerprint density at radius 3 is 2.43 bits per heavy atom. The van der Waals surface area contributed by atoms with Gasteiger partial charge >= 0.3 is 0 Å². The predicted octanol–water partition coefficient (Wildman–Crippen LogP) is 3.38. The summed E-state index contributed by atoms with van der Waals surface area (Å²) in [6.45, 7) is 5.01. The molecule has 0 heterocycles. The molecule has 0 aliphatic rings. The normalized spacial score (nSPS) is 12.4. The second-order valence-electron chi connectivity index (χ2n) is 5.42. The molecular formula is C14H22Cl2N2O2S. The lowest BCUT2D eigenvalue weighted by Gasteiger charge is -2.20. The van der Waals surface area contributed by atoms with Crippen molar-refractivity contribution < 1.29 is 8.42 Å². The summed E-state index contributed by atoms with van der Waals surface area (Å²) in [6.07, 6.45) is 0.789. The highest BCUT2D eigenvalue weighted by Crippen LogP contribution is 2.31. The fourth-order valence-corrected chi connectivity index (χ4v) is 3.94. The Kier molecular flexibility index (Phi) is 6.94. The molecule has 7 heteroatoms. The van der Waals surface area contributed by atoms with Crippen molar-refractivity contribution >= 4 is 33.2 Å². The molecule has 0 radical (unpaired) electrons. The SMILES string of the molecule is CNCc1cc(Cl)cc(S(=O)(=O)N(C)CCC(C)C)c1Cl. The number of hydrogen-bond donors (Lipinski definition) is 1. The van der Waals surface area contributed by atoms with E-state index >= 15 is 0 Å². The molecule has 0 aliphatic heterocycles. The highest BCUT2D eigenvalue weighted by atomic mass is 35.5. The van der Waals surface area contributed by atoms with Crippen molar-refractivity contribution in [3.8, 4) is 0 Å². The zero-order valence-corrected chi connectivity index (χ0v) is 15.1. The number of rotatable bonds is 7. The second kappa shape index (κ2) is 7.79. The van der Waals surface area contributed by atoms with E-state index in [2.05, 4.69) is 19.2 Å². The maximum absolute atomic E-state index is 12.6. The van der Waals surface area contributed by atoms with Crippen molar-refractivity contribution in [1.29, 1.82) is 0 Å². The van der Waals surface area contributed by atoms with Gasteiger partial charge in [-0.25, -0.2) is 12.7 Å². The molecule has 4 nitrogen and oxygen atoms in total. The first kappa shape index (κ1) is 18.7. The summed E-state index contributed by atoms with van der Waals surface area (Å²) in [5, 5.41) is 3.54. The average molecular weight is 353 g/mol. The minimum absolute atomic E-state index is 0.0631. The van der Waals surface area contributed by atoms with Crippen molar-refractivity contribution in [1.82, 2.24) is 9.62 Å². The van der Waals surface area contributed by atoms with Crippen molar-refractivity contribution in [2.24, 2.45) is 5.92 Å². The van der Waals surface area contributed by atoms with Gasteiger partial charge in [0.1, 0.15) is 4.90 Å². The van der Waals surface area contributed by atoms with Gasteiger partial charge in [0.15, 0.2) is 0 Å². The van der Waals surface area contributed by atoms with E-state index in [-0.39, 0.29) is 9.92 Å². The minimum Gasteiger partial charge on any atom is -0.316 e. The van der Waals surface area contributed by atoms with Crippen LogP contribution in [0.5, 0.6) is 0 Å². The molecule has 0 amide bonds. The zero-order chi connectivity index (χ0) is 16.2. The standard InChI is InChI=1S/C14H22Cl2N2O2S/c1-10(2)5-6-18(4)21(19,20)13-8-12(15)7-11(9-17-3)14(13)16/h7-8,10,17H,5-6,9H2,1-4H3. The molecule has 1 rings (SSSR count). The van der Waals surface area contributed by atoms with Gasteiger partial charge in [-0.2, -0.15) is 0 Å². The van der Waals surface area contributed by atoms with Gasteiger partial charge in [0.05, 0.1) is 5.02 Å². The molecule has 0 unspecified atom stereocenters. The van der Waals surface area contributed by atoms with Gasteiger partial charge in [-0.3, -0.25) is 0 Å². The third-order valence-corrected chi connectivity index (χ3v) is 5.81. The zero-order valence-electron chi connectivity index (χ0n) is 12.8. The van der Waals surface area contributed by atoms with Gasteiger partial charge in [-0.15, -0.1) is 0 Å². The number of hydrogen-bond acceptors (Lipinski definition) is 3. The highest BCUT2D eigenvalue weighted by Gasteiger charge is 2.25. The van der Waals surface area contributed by atoms with Crippen LogP contribution in [0.1, 0.15) is 25.8 Å². The number of benzene rings is 1. The van der Waals surface area contributed by atoms with Crippen molar-refractivity contribution in [2.75, 3.05) is 20.6 Å². The molecule has 0 saturated carbocycles. The van der Waals surface area contributed by atoms with Crippen LogP contribution in [-0.2, 0) is 16.6 Å². The van der Waals surface area contributed by atoms with Gasteiger partial charge in [-0.05, 0) is 37.1 Å². The van der Waals surface area contributed by atoms with E-state index in [0.717, 1.165) is 6.42 Å². The lowest BCUT2D eigenvalue weighted by Crippen LogP contribution is -2.29. The minimum atomic E-state index is -3.64. The van der Waals surface area contributed by atoms with Crippen LogP contribution in [-0.4, -0.2) is 33.4 Å². The first-order valence-corrected chi connectivity index (χ1v) is 8.98. The second-order valence-corrected chi connectivity index (χ2v) is 8.24. The molecule has 1 aromatic rings. The fraction of sp³-hybridized carbons (Fsp3) is 0.571. The quantitative estimate of drug-likeness (QED) is 0.818. The Hall–Kier alpha value is -0.330. The van der Waals surface area contributed by atoms with Crippen LogP contribution in [0.15, 0.2) is 17.0 Å². The van der Waals surface area contributed by atoms with Crippen LogP contribution in [0.4, 0.5) is 0 Å². The number of halogens is 2. The lowest BCUT2D eigenvalue weighted by atomic mass is 10.1. The van der Waals surface area contributed by atoms with E-state index in [1.807, 2.05) is 0 Å². The summed E-state index contributed by atoms with van der Waals surface area (Å²) in [7, 11) is -0.313. The first-order chi connectivity index (χ1) is 9.70. The molecule has 1 N–H and O–H groups in total. The van der Waals surface area contributed by atoms with Gasteiger partial charge in [-0.1, -0.05) is 37.0 Å². The summed E-state index contributed by atoms with van der Waals surface area (Å²) in [5.41, 5.74) is 0.669. The van der Waals surface area contributed by atoms with Gasteiger partial charge in [0.25, 0.3) is 0 Å². The summed E-state index contributed by atoms with van der Waals surface area (Å²) in [6, 6.07) is 3.08. The monoisotopic (exact) mass is 352 g/mol. The molecular weight excluding hydrogens is 331 g/mol. The maximum Gasteiger partial charge on any atom is 0.244 e. The molecule has 21 heavy (non-hydrogen) atoms. The molecule has 0 saturated heterocycles. The van der Waals surface area contributed by atoms with E-state index in [9.17, 15) is 8.42 Å². The molecule has 0 aromatic heterocycles. The van der Waals surface area contributed by atoms with Crippen LogP contribution in [0.25, 0.3) is 0 Å². The summed E-state index contributed by atoms with van der Waals surface area (Å²) in [5.74, 6) is 0.428. The van der Waals surface area contributed by atoms with Crippen LogP contribution >= 0.6 is 23.2 Å². The third-order valence-electron chi connectivity index (χ3n) is 3.16. The van der Waals surface area contributed by atoms with Crippen molar-refractivity contribution in [3.05, 3.63) is 27.7 Å². The third kappa shape index (κ3) is 4.83. The van der Waals surface area contributed by atoms with Crippen molar-refractivity contribution in [2.45, 2.75) is 31.7 Å². The largest absolute Gasteiger partial charge is 0.316 e. The molecule has 0 spiro atoms. The smallest absolute Gasteiger partial charge is 0.244 e. The summed E-state index contributed by atoms with van der Waals surface area (Å²) < 4.78 is 26.6. The Bertz CT molecular complexity index is 589. The van der Waals surface area contributed by atoms with Crippen LogP contribution in [0, 0.1) is 5.92 Å². The van der Waals surface area contributed by atoms with E-state index < -0.39 is 10.0 Å². The maximum atomic E-state index is 12.6. The van der Waals surface area contributed by atoms with Crippen molar-refractivity contribution in [3.63, 3.8) is 0 Å². The van der Waals surface area contributed by atoms with Crippen LogP contribution < -0.4 is 5.32 Å². The predicted molar refractivity (Wildman–Crippen MR) is 88.5 cm³/mol. The van der Waals surface area contributed by atoms with E-state index in [0.29, 0.717) is 29.6 Å². The molecule has 0 fully saturated rings. The van der Waals surface area contributed by atoms with Gasteiger partial charge in [0, 0.05) is 25.2 Å². The fourth-order valence-electron chi connectivity index (χ4n) is 1.85. The summed E-state index contributed by atoms with van der Waals surface area (Å²) >= 11 is 12.3. The van der Waals surface area contributed by atoms with Crippen LogP contribution in [0.2, 0.25) is 10.0 Å². The molecule has 0 bridgehead atoms. The number of nitrogens with one attached hydrogen (secondary N) is 1. The number of sulfonamides is 1. The highest BCUT2D eigenvalue weighted by molar-refractivity contribution is 7.89. The lowest BCUT2D eigenvalue weighted by molar-refractivity contribution is 0.428. The average Bonchev–Trinajstić information content (AvgIpc) is 2.39. The van der Waals surface area contributed by atoms with Gasteiger partial charge < -0.3 is 5.32 Å². The Morgan fingerprint density at radius 2 is 1.90 bits per heavy atom. The van der Waals surface area contributed by atoms with E-state index in [1.165, 1.54) is 10.4 Å². The Balaban J connectivity index is 3.18. The number of nitrogens with zero attached hydrogens (tertiary/aromatic N) is 1. The molecule has 120 valence electrons.